The summed E-state index contributed by atoms with van der Waals surface area (Å²) in [5.74, 6) is 1.39. The number of carbonyl (C=O) groups excluding carboxylic acids is 1. The van der Waals surface area contributed by atoms with Crippen LogP contribution < -0.4 is 5.32 Å². The third-order valence-electron chi connectivity index (χ3n) is 3.87. The third kappa shape index (κ3) is 4.84. The number of hydrogen-bond donors (Lipinski definition) is 1. The minimum absolute atomic E-state index is 0.169. The lowest BCUT2D eigenvalue weighted by molar-refractivity contribution is -0.150. The van der Waals surface area contributed by atoms with Gasteiger partial charge in [-0.05, 0) is 40.2 Å². The lowest BCUT2D eigenvalue weighted by atomic mass is 9.95. The molecule has 0 spiro atoms. The maximum atomic E-state index is 12.0. The average Bonchev–Trinajstić information content (AvgIpc) is 2.92. The Labute approximate surface area is 128 Å². The van der Waals surface area contributed by atoms with Gasteiger partial charge in [0.05, 0.1) is 6.61 Å². The first-order valence-corrected chi connectivity index (χ1v) is 7.81. The molecule has 0 aliphatic rings. The molecule has 120 valence electrons. The van der Waals surface area contributed by atoms with E-state index in [2.05, 4.69) is 28.7 Å². The van der Waals surface area contributed by atoms with Gasteiger partial charge in [-0.3, -0.25) is 4.79 Å². The van der Waals surface area contributed by atoms with Crippen molar-refractivity contribution in [2.45, 2.75) is 65.0 Å². The number of aryl methyl sites for hydroxylation is 1. The quantitative estimate of drug-likeness (QED) is 0.562. The van der Waals surface area contributed by atoms with E-state index in [1.807, 2.05) is 33.3 Å². The van der Waals surface area contributed by atoms with E-state index in [0.29, 0.717) is 12.5 Å². The summed E-state index contributed by atoms with van der Waals surface area (Å²) in [6.45, 7) is 9.40. The number of hydrogen-bond acceptors (Lipinski definition) is 4. The highest BCUT2D eigenvalue weighted by atomic mass is 16.5. The Morgan fingerprint density at radius 1 is 1.48 bits per heavy atom. The molecule has 0 saturated heterocycles. The lowest BCUT2D eigenvalue weighted by Gasteiger charge is -2.26. The van der Waals surface area contributed by atoms with Crippen LogP contribution in [0.2, 0.25) is 0 Å². The van der Waals surface area contributed by atoms with E-state index in [0.717, 1.165) is 31.6 Å². The van der Waals surface area contributed by atoms with Crippen molar-refractivity contribution in [3.05, 3.63) is 18.2 Å². The van der Waals surface area contributed by atoms with Gasteiger partial charge in [0.15, 0.2) is 0 Å². The Bertz CT molecular complexity index is 442. The van der Waals surface area contributed by atoms with Gasteiger partial charge in [0.2, 0.25) is 0 Å². The monoisotopic (exact) mass is 295 g/mol. The minimum Gasteiger partial charge on any atom is -0.465 e. The summed E-state index contributed by atoms with van der Waals surface area (Å²) >= 11 is 0. The van der Waals surface area contributed by atoms with Crippen molar-refractivity contribution < 1.29 is 9.53 Å². The summed E-state index contributed by atoms with van der Waals surface area (Å²) in [5, 5.41) is 3.09. The molecule has 1 atom stereocenters. The fourth-order valence-electron chi connectivity index (χ4n) is 2.39. The summed E-state index contributed by atoms with van der Waals surface area (Å²) in [4.78, 5) is 16.4. The van der Waals surface area contributed by atoms with Gasteiger partial charge < -0.3 is 14.6 Å². The van der Waals surface area contributed by atoms with Crippen LogP contribution in [0.3, 0.4) is 0 Å². The van der Waals surface area contributed by atoms with E-state index < -0.39 is 5.54 Å². The lowest BCUT2D eigenvalue weighted by Crippen LogP contribution is -2.48. The summed E-state index contributed by atoms with van der Waals surface area (Å²) in [5.41, 5.74) is -0.591. The van der Waals surface area contributed by atoms with Crippen molar-refractivity contribution in [2.24, 2.45) is 0 Å². The second-order valence-corrected chi connectivity index (χ2v) is 5.89. The first-order valence-electron chi connectivity index (χ1n) is 7.81. The zero-order chi connectivity index (χ0) is 15.9. The standard InChI is InChI=1S/C16H29N3O2/c1-6-21-15(20)16(4,17-5)9-7-8-11-19-12-10-18-14(19)13(2)3/h10,12-13,17H,6-9,11H2,1-5H3. The number of likely N-dealkylation sites (N-methyl/N-ethyl adjacent to an activating group) is 1. The fourth-order valence-corrected chi connectivity index (χ4v) is 2.39. The molecule has 1 aromatic heterocycles. The number of nitrogens with one attached hydrogen (secondary N) is 1. The number of nitrogens with zero attached hydrogens (tertiary/aromatic N) is 2. The highest BCUT2D eigenvalue weighted by Crippen LogP contribution is 2.17. The second-order valence-electron chi connectivity index (χ2n) is 5.89. The number of ether oxygens (including phenoxy) is 1. The van der Waals surface area contributed by atoms with Crippen LogP contribution in [0, 0.1) is 0 Å². The van der Waals surface area contributed by atoms with Gasteiger partial charge in [0, 0.05) is 24.9 Å². The largest absolute Gasteiger partial charge is 0.465 e. The first kappa shape index (κ1) is 17.7. The van der Waals surface area contributed by atoms with Gasteiger partial charge >= 0.3 is 5.97 Å². The first-order chi connectivity index (χ1) is 9.94. The van der Waals surface area contributed by atoms with Crippen molar-refractivity contribution in [2.75, 3.05) is 13.7 Å². The van der Waals surface area contributed by atoms with E-state index in [4.69, 9.17) is 4.74 Å². The second kappa shape index (κ2) is 8.17. The number of rotatable bonds is 9. The van der Waals surface area contributed by atoms with Crippen molar-refractivity contribution in [1.29, 1.82) is 0 Å². The van der Waals surface area contributed by atoms with Gasteiger partial charge in [-0.1, -0.05) is 13.8 Å². The molecule has 5 heteroatoms. The van der Waals surface area contributed by atoms with Crippen LogP contribution in [0.15, 0.2) is 12.4 Å². The predicted molar refractivity (Wildman–Crippen MR) is 84.3 cm³/mol. The van der Waals surface area contributed by atoms with Crippen molar-refractivity contribution in [3.8, 4) is 0 Å². The molecule has 0 radical (unpaired) electrons. The van der Waals surface area contributed by atoms with Gasteiger partial charge in [0.1, 0.15) is 11.4 Å². The van der Waals surface area contributed by atoms with Gasteiger partial charge in [-0.15, -0.1) is 0 Å². The molecule has 1 N–H and O–H groups in total. The van der Waals surface area contributed by atoms with E-state index >= 15 is 0 Å². The molecule has 1 heterocycles. The molecule has 0 amide bonds. The van der Waals surface area contributed by atoms with Crippen molar-refractivity contribution in [3.63, 3.8) is 0 Å². The van der Waals surface area contributed by atoms with Crippen LogP contribution in [-0.4, -0.2) is 34.7 Å². The maximum Gasteiger partial charge on any atom is 0.326 e. The number of unbranched alkanes of at least 4 members (excludes halogenated alkanes) is 1. The van der Waals surface area contributed by atoms with Gasteiger partial charge in [-0.2, -0.15) is 0 Å². The molecule has 0 saturated carbocycles. The highest BCUT2D eigenvalue weighted by Gasteiger charge is 2.32. The van der Waals surface area contributed by atoms with Crippen LogP contribution in [0.5, 0.6) is 0 Å². The average molecular weight is 295 g/mol. The van der Waals surface area contributed by atoms with Crippen LogP contribution >= 0.6 is 0 Å². The van der Waals surface area contributed by atoms with Crippen LogP contribution in [0.25, 0.3) is 0 Å². The molecule has 0 bridgehead atoms. The van der Waals surface area contributed by atoms with Crippen molar-refractivity contribution >= 4 is 5.97 Å². The molecular weight excluding hydrogens is 266 g/mol. The molecule has 1 aromatic rings. The molecule has 0 fully saturated rings. The molecule has 1 rings (SSSR count). The maximum absolute atomic E-state index is 12.0. The smallest absolute Gasteiger partial charge is 0.326 e. The third-order valence-corrected chi connectivity index (χ3v) is 3.87. The van der Waals surface area contributed by atoms with Crippen LogP contribution in [-0.2, 0) is 16.1 Å². The summed E-state index contributed by atoms with van der Waals surface area (Å²) < 4.78 is 7.33. The molecule has 0 aromatic carbocycles. The molecule has 0 aliphatic carbocycles. The number of aromatic nitrogens is 2. The highest BCUT2D eigenvalue weighted by molar-refractivity contribution is 5.80. The Morgan fingerprint density at radius 2 is 2.19 bits per heavy atom. The van der Waals surface area contributed by atoms with E-state index in [1.54, 1.807) is 0 Å². The van der Waals surface area contributed by atoms with E-state index in [9.17, 15) is 4.79 Å². The topological polar surface area (TPSA) is 56.2 Å². The number of carbonyl (C=O) groups is 1. The Kier molecular flexibility index (Phi) is 6.89. The predicted octanol–water partition coefficient (Wildman–Crippen LogP) is 2.72. The minimum atomic E-state index is -0.591. The molecular formula is C16H29N3O2. The normalized spacial score (nSPS) is 14.2. The van der Waals surface area contributed by atoms with Gasteiger partial charge in [0.25, 0.3) is 0 Å². The fraction of sp³-hybridized carbons (Fsp3) is 0.750. The molecule has 5 nitrogen and oxygen atoms in total. The zero-order valence-electron chi connectivity index (χ0n) is 14.0. The number of imidazole rings is 1. The summed E-state index contributed by atoms with van der Waals surface area (Å²) in [6.07, 6.45) is 6.64. The van der Waals surface area contributed by atoms with Crippen LogP contribution in [0.4, 0.5) is 0 Å². The van der Waals surface area contributed by atoms with Crippen LogP contribution in [0.1, 0.15) is 58.7 Å². The van der Waals surface area contributed by atoms with Crippen molar-refractivity contribution in [1.82, 2.24) is 14.9 Å². The molecule has 0 aliphatic heterocycles. The number of esters is 1. The SMILES string of the molecule is CCOC(=O)C(C)(CCCCn1ccnc1C(C)C)NC. The molecule has 1 unspecified atom stereocenters. The van der Waals surface area contributed by atoms with E-state index in [-0.39, 0.29) is 5.97 Å². The van der Waals surface area contributed by atoms with E-state index in [1.165, 1.54) is 0 Å². The summed E-state index contributed by atoms with van der Waals surface area (Å²) in [7, 11) is 1.81. The Morgan fingerprint density at radius 3 is 2.76 bits per heavy atom. The molecule has 21 heavy (non-hydrogen) atoms. The van der Waals surface area contributed by atoms with Gasteiger partial charge in [-0.25, -0.2) is 4.98 Å². The Hall–Kier alpha value is -1.36. The zero-order valence-corrected chi connectivity index (χ0v) is 14.0. The Balaban J connectivity index is 2.45. The summed E-state index contributed by atoms with van der Waals surface area (Å²) in [6, 6.07) is 0.